The summed E-state index contributed by atoms with van der Waals surface area (Å²) in [6, 6.07) is 1.76. The summed E-state index contributed by atoms with van der Waals surface area (Å²) in [5, 5.41) is 20.5. The van der Waals surface area contributed by atoms with Gasteiger partial charge in [0, 0.05) is 29.4 Å². The molecule has 5 rings (SSSR count). The molecule has 0 radical (unpaired) electrons. The average molecular weight is 473 g/mol. The van der Waals surface area contributed by atoms with E-state index in [0.29, 0.717) is 12.8 Å². The van der Waals surface area contributed by atoms with Crippen LogP contribution in [0.3, 0.4) is 0 Å². The molecule has 1 aromatic rings. The van der Waals surface area contributed by atoms with Gasteiger partial charge in [0.1, 0.15) is 17.5 Å². The number of aliphatic hydroxyl groups is 1. The predicted octanol–water partition coefficient (Wildman–Crippen LogP) is 3.44. The number of carboxylic acid groups (broad SMARTS) is 1. The molecule has 2 aliphatic carbocycles. The van der Waals surface area contributed by atoms with Gasteiger partial charge in [-0.1, -0.05) is 19.9 Å². The molecule has 2 saturated heterocycles. The summed E-state index contributed by atoms with van der Waals surface area (Å²) in [7, 11) is 0. The number of hydrogen-bond donors (Lipinski definition) is 2. The van der Waals surface area contributed by atoms with Crippen LogP contribution in [0.25, 0.3) is 0 Å². The maximum atomic E-state index is 14.1. The molecule has 184 valence electrons. The van der Waals surface area contributed by atoms with Crippen LogP contribution in [0.5, 0.6) is 0 Å². The Morgan fingerprint density at radius 3 is 2.50 bits per heavy atom. The topological polar surface area (TPSA) is 127 Å². The van der Waals surface area contributed by atoms with Crippen LogP contribution in [-0.4, -0.2) is 45.2 Å². The summed E-state index contributed by atoms with van der Waals surface area (Å²) in [5.41, 5.74) is -4.17. The number of furan rings is 1. The standard InChI is InChI=1S/C26H32O8/c1-22(2,31)16-12-17(27)25(5)15(23(16,3)9-7-18(28)29)6-10-24(4)19(14-8-11-32-13-14)33-21(30)20-26(24,25)34-20/h7-9,11,13,15-16,19-20,31H,6,10,12H2,1-5H3,(H,28,29)/t15-,16-,19-,20+,23+,24-,25-,26-/m0/s1. The first kappa shape index (κ1) is 23.3. The number of hydrogen-bond acceptors (Lipinski definition) is 7. The lowest BCUT2D eigenvalue weighted by Gasteiger charge is -2.65. The van der Waals surface area contributed by atoms with E-state index in [4.69, 9.17) is 13.9 Å². The third kappa shape index (κ3) is 2.64. The molecule has 2 N–H and O–H groups in total. The molecule has 1 aromatic heterocycles. The summed E-state index contributed by atoms with van der Waals surface area (Å²) in [5.74, 6) is -2.50. The number of carbonyl (C=O) groups excluding carboxylic acids is 2. The number of rotatable bonds is 4. The van der Waals surface area contributed by atoms with Crippen LogP contribution < -0.4 is 0 Å². The second kappa shape index (κ2) is 6.82. The number of fused-ring (bicyclic) bond motifs is 1. The van der Waals surface area contributed by atoms with Crippen molar-refractivity contribution in [3.8, 4) is 0 Å². The number of ketones is 1. The summed E-state index contributed by atoms with van der Waals surface area (Å²) < 4.78 is 17.4. The number of cyclic esters (lactones) is 1. The fourth-order valence-electron chi connectivity index (χ4n) is 8.15. The number of esters is 1. The summed E-state index contributed by atoms with van der Waals surface area (Å²) in [6.07, 6.45) is 5.56. The van der Waals surface area contributed by atoms with Crippen LogP contribution in [-0.2, 0) is 23.9 Å². The molecule has 0 bridgehead atoms. The minimum Gasteiger partial charge on any atom is -0.478 e. The summed E-state index contributed by atoms with van der Waals surface area (Å²) in [6.45, 7) is 9.13. The van der Waals surface area contributed by atoms with E-state index in [0.717, 1.165) is 11.6 Å². The zero-order valence-corrected chi connectivity index (χ0v) is 20.2. The predicted molar refractivity (Wildman–Crippen MR) is 118 cm³/mol. The minimum atomic E-state index is -1.22. The Morgan fingerprint density at radius 2 is 1.91 bits per heavy atom. The zero-order chi connectivity index (χ0) is 24.9. The number of ether oxygens (including phenoxy) is 2. The molecular weight excluding hydrogens is 440 g/mol. The van der Waals surface area contributed by atoms with Crippen LogP contribution in [0.2, 0.25) is 0 Å². The Morgan fingerprint density at radius 1 is 1.21 bits per heavy atom. The lowest BCUT2D eigenvalue weighted by atomic mass is 9.37. The third-order valence-electron chi connectivity index (χ3n) is 9.67. The highest BCUT2D eigenvalue weighted by Gasteiger charge is 2.88. The monoisotopic (exact) mass is 472 g/mol. The Hall–Kier alpha value is -2.45. The first-order valence-electron chi connectivity index (χ1n) is 11.8. The van der Waals surface area contributed by atoms with Gasteiger partial charge in [-0.05, 0) is 51.0 Å². The molecule has 0 amide bonds. The molecule has 0 aromatic carbocycles. The lowest BCUT2D eigenvalue weighted by molar-refractivity contribution is -0.213. The van der Waals surface area contributed by atoms with E-state index in [9.17, 15) is 24.6 Å². The van der Waals surface area contributed by atoms with Gasteiger partial charge < -0.3 is 24.1 Å². The third-order valence-corrected chi connectivity index (χ3v) is 9.67. The first-order chi connectivity index (χ1) is 15.7. The van der Waals surface area contributed by atoms with Gasteiger partial charge >= 0.3 is 11.9 Å². The van der Waals surface area contributed by atoms with Gasteiger partial charge in [-0.2, -0.15) is 0 Å². The van der Waals surface area contributed by atoms with E-state index in [1.54, 1.807) is 32.3 Å². The van der Waals surface area contributed by atoms with Crippen molar-refractivity contribution in [1.29, 1.82) is 0 Å². The number of aliphatic carboxylic acids is 1. The van der Waals surface area contributed by atoms with Crippen molar-refractivity contribution in [2.75, 3.05) is 0 Å². The van der Waals surface area contributed by atoms with E-state index >= 15 is 0 Å². The van der Waals surface area contributed by atoms with Crippen molar-refractivity contribution in [2.24, 2.45) is 28.1 Å². The van der Waals surface area contributed by atoms with Gasteiger partial charge in [-0.25, -0.2) is 9.59 Å². The molecule has 8 nitrogen and oxygen atoms in total. The fourth-order valence-corrected chi connectivity index (χ4v) is 8.15. The number of carbonyl (C=O) groups is 3. The Balaban J connectivity index is 1.69. The van der Waals surface area contributed by atoms with Crippen LogP contribution in [0.1, 0.15) is 65.5 Å². The molecular formula is C26H32O8. The number of carboxylic acids is 1. The maximum Gasteiger partial charge on any atom is 0.339 e. The first-order valence-corrected chi connectivity index (χ1v) is 11.8. The highest BCUT2D eigenvalue weighted by Crippen LogP contribution is 2.78. The summed E-state index contributed by atoms with van der Waals surface area (Å²) >= 11 is 0. The Bertz CT molecular complexity index is 1080. The van der Waals surface area contributed by atoms with Crippen LogP contribution in [0.15, 0.2) is 35.2 Å². The summed E-state index contributed by atoms with van der Waals surface area (Å²) in [4.78, 5) is 38.6. The maximum absolute atomic E-state index is 14.1. The zero-order valence-electron chi connectivity index (χ0n) is 20.2. The quantitative estimate of drug-likeness (QED) is 0.388. The number of allylic oxidation sites excluding steroid dienone is 1. The molecule has 2 aliphatic heterocycles. The van der Waals surface area contributed by atoms with Gasteiger partial charge in [0.05, 0.1) is 23.5 Å². The Kier molecular flexibility index (Phi) is 4.67. The van der Waals surface area contributed by atoms with Crippen molar-refractivity contribution in [1.82, 2.24) is 0 Å². The number of Topliss-reactive ketones (excluding diaryl/α,β-unsaturated/α-hetero) is 1. The molecule has 2 saturated carbocycles. The molecule has 0 unspecified atom stereocenters. The molecule has 8 atom stereocenters. The van der Waals surface area contributed by atoms with Crippen molar-refractivity contribution in [2.45, 2.75) is 77.3 Å². The molecule has 1 spiro atoms. The van der Waals surface area contributed by atoms with E-state index in [1.165, 1.54) is 6.26 Å². The molecule has 4 aliphatic rings. The van der Waals surface area contributed by atoms with E-state index in [2.05, 4.69) is 0 Å². The molecule has 4 fully saturated rings. The van der Waals surface area contributed by atoms with Crippen LogP contribution >= 0.6 is 0 Å². The minimum absolute atomic E-state index is 0.0519. The van der Waals surface area contributed by atoms with Crippen molar-refractivity contribution < 1.29 is 38.5 Å². The second-order valence-corrected chi connectivity index (χ2v) is 11.7. The van der Waals surface area contributed by atoms with Gasteiger partial charge in [-0.3, -0.25) is 4.79 Å². The van der Waals surface area contributed by atoms with E-state index < -0.39 is 57.5 Å². The lowest BCUT2D eigenvalue weighted by Crippen LogP contribution is -2.71. The number of epoxide rings is 1. The van der Waals surface area contributed by atoms with E-state index in [1.807, 2.05) is 20.8 Å². The largest absolute Gasteiger partial charge is 0.478 e. The van der Waals surface area contributed by atoms with Crippen molar-refractivity contribution in [3.63, 3.8) is 0 Å². The van der Waals surface area contributed by atoms with Crippen molar-refractivity contribution in [3.05, 3.63) is 36.3 Å². The normalized spacial score (nSPS) is 45.8. The second-order valence-electron chi connectivity index (χ2n) is 11.7. The Labute approximate surface area is 198 Å². The smallest absolute Gasteiger partial charge is 0.339 e. The van der Waals surface area contributed by atoms with Crippen LogP contribution in [0.4, 0.5) is 0 Å². The highest BCUT2D eigenvalue weighted by molar-refractivity contribution is 5.93. The molecule has 3 heterocycles. The average Bonchev–Trinajstić information content (AvgIpc) is 3.31. The van der Waals surface area contributed by atoms with Crippen LogP contribution in [0, 0.1) is 28.1 Å². The van der Waals surface area contributed by atoms with Crippen molar-refractivity contribution >= 4 is 17.7 Å². The highest BCUT2D eigenvalue weighted by atomic mass is 16.7. The van der Waals surface area contributed by atoms with Gasteiger partial charge in [0.2, 0.25) is 0 Å². The van der Waals surface area contributed by atoms with Gasteiger partial charge in [0.25, 0.3) is 0 Å². The fraction of sp³-hybridized carbons (Fsp3) is 0.654. The SMILES string of the molecule is CC(C)(O)[C@@H]1CC(=O)[C@]2(C)[C@@H](CC[C@@]3(C)[C@H](c4ccoc4)OC(=O)[C@H]4O[C@@]432)[C@@]1(C)C=CC(=O)O. The molecule has 34 heavy (non-hydrogen) atoms. The molecule has 8 heteroatoms. The van der Waals surface area contributed by atoms with E-state index in [-0.39, 0.29) is 18.1 Å². The van der Waals surface area contributed by atoms with Gasteiger partial charge in [0.15, 0.2) is 6.10 Å². The van der Waals surface area contributed by atoms with Gasteiger partial charge in [-0.15, -0.1) is 0 Å².